The Kier molecular flexibility index (Phi) is 4.30. The Hall–Kier alpha value is -1.79. The highest BCUT2D eigenvalue weighted by Gasteiger charge is 2.19. The van der Waals surface area contributed by atoms with Crippen molar-refractivity contribution in [3.05, 3.63) is 23.6 Å². The van der Waals surface area contributed by atoms with E-state index in [0.29, 0.717) is 0 Å². The van der Waals surface area contributed by atoms with Gasteiger partial charge in [0.15, 0.2) is 0 Å². The van der Waals surface area contributed by atoms with Gasteiger partial charge in [-0.25, -0.2) is 18.2 Å². The number of rotatable bonds is 4. The number of halogens is 3. The second-order valence-electron chi connectivity index (χ2n) is 3.38. The maximum Gasteiger partial charge on any atom is 0.257 e. The zero-order valence-electron chi connectivity index (χ0n) is 9.38. The lowest BCUT2D eigenvalue weighted by molar-refractivity contribution is 0.0620. The summed E-state index contributed by atoms with van der Waals surface area (Å²) in [6.07, 6.45) is -1.70. The van der Waals surface area contributed by atoms with Crippen molar-refractivity contribution in [2.24, 2.45) is 0 Å². The summed E-state index contributed by atoms with van der Waals surface area (Å²) in [5, 5.41) is 2.60. The van der Waals surface area contributed by atoms with Crippen LogP contribution in [0.1, 0.15) is 10.4 Å². The molecule has 1 N–H and O–H groups in total. The molecule has 0 aliphatic carbocycles. The van der Waals surface area contributed by atoms with E-state index in [1.54, 1.807) is 0 Å². The first-order valence-corrected chi connectivity index (χ1v) is 4.82. The van der Waals surface area contributed by atoms with Crippen LogP contribution >= 0.6 is 0 Å². The van der Waals surface area contributed by atoms with Crippen LogP contribution in [0.15, 0.2) is 12.3 Å². The fourth-order valence-electron chi connectivity index (χ4n) is 1.30. The first kappa shape index (κ1) is 13.3. The van der Waals surface area contributed by atoms with Crippen LogP contribution in [0.4, 0.5) is 19.0 Å². The van der Waals surface area contributed by atoms with Crippen LogP contribution in [0.25, 0.3) is 0 Å². The second kappa shape index (κ2) is 5.51. The average Bonchev–Trinajstić information content (AvgIpc) is 2.27. The fraction of sp³-hybridized carbons (Fsp3) is 0.400. The first-order valence-electron chi connectivity index (χ1n) is 4.82. The summed E-state index contributed by atoms with van der Waals surface area (Å²) in [7, 11) is 2.73. The number of alkyl halides is 2. The Bertz CT molecular complexity index is 412. The Morgan fingerprint density at radius 2 is 2.24 bits per heavy atom. The number of nitrogens with one attached hydrogen (secondary N) is 1. The fourth-order valence-corrected chi connectivity index (χ4v) is 1.30. The normalized spacial score (nSPS) is 10.5. The largest absolute Gasteiger partial charge is 0.372 e. The number of amides is 1. The van der Waals surface area contributed by atoms with E-state index in [9.17, 15) is 18.0 Å². The number of carbonyl (C=O) groups excluding carboxylic acids is 1. The highest BCUT2D eigenvalue weighted by Crippen LogP contribution is 2.15. The van der Waals surface area contributed by atoms with Gasteiger partial charge in [-0.05, 0) is 6.07 Å². The molecule has 1 aromatic rings. The number of hydrogen-bond acceptors (Lipinski definition) is 3. The van der Waals surface area contributed by atoms with E-state index in [1.165, 1.54) is 14.1 Å². The summed E-state index contributed by atoms with van der Waals surface area (Å²) in [4.78, 5) is 16.2. The van der Waals surface area contributed by atoms with E-state index < -0.39 is 24.7 Å². The molecular weight excluding hydrogens is 235 g/mol. The zero-order chi connectivity index (χ0) is 13.0. The monoisotopic (exact) mass is 247 g/mol. The van der Waals surface area contributed by atoms with Crippen molar-refractivity contribution in [3.63, 3.8) is 0 Å². The lowest BCUT2D eigenvalue weighted by Crippen LogP contribution is -2.32. The third kappa shape index (κ3) is 3.33. The molecule has 0 fully saturated rings. The van der Waals surface area contributed by atoms with Crippen LogP contribution in [-0.2, 0) is 0 Å². The Labute approximate surface area is 96.4 Å². The summed E-state index contributed by atoms with van der Waals surface area (Å²) in [5.74, 6) is -1.25. The van der Waals surface area contributed by atoms with Gasteiger partial charge in [-0.2, -0.15) is 0 Å². The van der Waals surface area contributed by atoms with Crippen LogP contribution in [-0.4, -0.2) is 42.9 Å². The quantitative estimate of drug-likeness (QED) is 0.879. The van der Waals surface area contributed by atoms with Crippen molar-refractivity contribution in [1.29, 1.82) is 0 Å². The van der Waals surface area contributed by atoms with E-state index in [4.69, 9.17) is 0 Å². The van der Waals surface area contributed by atoms with Gasteiger partial charge >= 0.3 is 0 Å². The van der Waals surface area contributed by atoms with Crippen LogP contribution in [0.5, 0.6) is 0 Å². The number of hydrogen-bond donors (Lipinski definition) is 1. The summed E-state index contributed by atoms with van der Waals surface area (Å²) in [6, 6.07) is 0.961. The molecule has 0 unspecified atom stereocenters. The van der Waals surface area contributed by atoms with E-state index in [1.807, 2.05) is 0 Å². The maximum atomic E-state index is 13.0. The molecule has 4 nitrogen and oxygen atoms in total. The second-order valence-corrected chi connectivity index (χ2v) is 3.38. The van der Waals surface area contributed by atoms with Gasteiger partial charge in [0.1, 0.15) is 11.6 Å². The first-order chi connectivity index (χ1) is 7.95. The molecule has 1 aromatic heterocycles. The molecule has 0 saturated heterocycles. The molecule has 94 valence electrons. The van der Waals surface area contributed by atoms with Gasteiger partial charge in [0.2, 0.25) is 0 Å². The van der Waals surface area contributed by atoms with Gasteiger partial charge in [-0.15, -0.1) is 0 Å². The number of anilines is 1. The van der Waals surface area contributed by atoms with Gasteiger partial charge in [0.05, 0.1) is 18.3 Å². The van der Waals surface area contributed by atoms with Crippen LogP contribution in [0, 0.1) is 5.82 Å². The molecule has 0 aliphatic heterocycles. The number of aromatic nitrogens is 1. The van der Waals surface area contributed by atoms with Gasteiger partial charge in [0.25, 0.3) is 12.3 Å². The van der Waals surface area contributed by atoms with Crippen molar-refractivity contribution in [3.8, 4) is 0 Å². The number of carbonyl (C=O) groups is 1. The van der Waals surface area contributed by atoms with Crippen LogP contribution in [0.2, 0.25) is 0 Å². The molecule has 0 saturated carbocycles. The smallest absolute Gasteiger partial charge is 0.257 e. The van der Waals surface area contributed by atoms with Crippen LogP contribution in [0.3, 0.4) is 0 Å². The minimum absolute atomic E-state index is 0.0735. The van der Waals surface area contributed by atoms with Crippen molar-refractivity contribution in [1.82, 2.24) is 9.88 Å². The highest BCUT2D eigenvalue weighted by atomic mass is 19.3. The zero-order valence-corrected chi connectivity index (χ0v) is 9.38. The molecule has 0 aromatic carbocycles. The Morgan fingerprint density at radius 3 is 2.76 bits per heavy atom. The third-order valence-corrected chi connectivity index (χ3v) is 2.08. The van der Waals surface area contributed by atoms with Crippen molar-refractivity contribution < 1.29 is 18.0 Å². The lowest BCUT2D eigenvalue weighted by atomic mass is 10.2. The minimum atomic E-state index is -2.64. The summed E-state index contributed by atoms with van der Waals surface area (Å²) in [6.45, 7) is -0.710. The molecule has 0 bridgehead atoms. The number of nitrogens with zero attached hydrogens (tertiary/aromatic N) is 2. The van der Waals surface area contributed by atoms with E-state index >= 15 is 0 Å². The maximum absolute atomic E-state index is 13.0. The van der Waals surface area contributed by atoms with E-state index in [0.717, 1.165) is 17.2 Å². The third-order valence-electron chi connectivity index (χ3n) is 2.08. The Balaban J connectivity index is 2.98. The van der Waals surface area contributed by atoms with Gasteiger partial charge in [-0.1, -0.05) is 0 Å². The molecule has 1 heterocycles. The van der Waals surface area contributed by atoms with Crippen molar-refractivity contribution in [2.75, 3.05) is 26.0 Å². The molecule has 1 amide bonds. The lowest BCUT2D eigenvalue weighted by Gasteiger charge is -2.17. The van der Waals surface area contributed by atoms with Crippen molar-refractivity contribution >= 4 is 11.7 Å². The van der Waals surface area contributed by atoms with Gasteiger partial charge in [-0.3, -0.25) is 4.79 Å². The van der Waals surface area contributed by atoms with E-state index in [2.05, 4.69) is 10.3 Å². The predicted octanol–water partition coefficient (Wildman–Crippen LogP) is 1.60. The van der Waals surface area contributed by atoms with Gasteiger partial charge < -0.3 is 10.2 Å². The minimum Gasteiger partial charge on any atom is -0.372 e. The summed E-state index contributed by atoms with van der Waals surface area (Å²) >= 11 is 0. The predicted molar refractivity (Wildman–Crippen MR) is 56.7 cm³/mol. The molecule has 0 atom stereocenters. The molecule has 0 aliphatic rings. The topological polar surface area (TPSA) is 45.2 Å². The molecule has 17 heavy (non-hydrogen) atoms. The molecule has 1 rings (SSSR count). The number of pyridine rings is 1. The van der Waals surface area contributed by atoms with Crippen LogP contribution < -0.4 is 5.32 Å². The molecule has 0 spiro atoms. The summed E-state index contributed by atoms with van der Waals surface area (Å²) < 4.78 is 37.2. The Morgan fingerprint density at radius 1 is 1.59 bits per heavy atom. The molecule has 7 heteroatoms. The average molecular weight is 247 g/mol. The summed E-state index contributed by atoms with van der Waals surface area (Å²) in [5.41, 5.74) is -0.0735. The van der Waals surface area contributed by atoms with Gasteiger partial charge in [0, 0.05) is 14.1 Å². The molecular formula is C10H12F3N3O. The highest BCUT2D eigenvalue weighted by molar-refractivity contribution is 5.98. The van der Waals surface area contributed by atoms with Crippen molar-refractivity contribution in [2.45, 2.75) is 6.43 Å². The SMILES string of the molecule is CNc1ncc(F)cc1C(=O)N(C)CC(F)F. The standard InChI is InChI=1S/C10H12F3N3O/c1-14-9-7(3-6(11)4-15-9)10(17)16(2)5-8(12)13/h3-4,8H,5H2,1-2H3,(H,14,15). The molecule has 0 radical (unpaired) electrons. The van der Waals surface area contributed by atoms with E-state index in [-0.39, 0.29) is 11.4 Å².